The Balaban J connectivity index is 2.12. The fraction of sp³-hybridized carbons (Fsp3) is 0.391. The average Bonchev–Trinajstić information content (AvgIpc) is 2.81. The molecule has 0 aromatic heterocycles. The van der Waals surface area contributed by atoms with Crippen molar-refractivity contribution in [2.24, 2.45) is 0 Å². The molecule has 0 aliphatic carbocycles. The van der Waals surface area contributed by atoms with Crippen LogP contribution in [0.5, 0.6) is 5.75 Å². The summed E-state index contributed by atoms with van der Waals surface area (Å²) in [5.41, 5.74) is 2.61. The summed E-state index contributed by atoms with van der Waals surface area (Å²) in [5.74, 6) is -0.404. The van der Waals surface area contributed by atoms with Crippen LogP contribution in [-0.4, -0.2) is 57.2 Å². The van der Waals surface area contributed by atoms with Crippen LogP contribution in [0, 0.1) is 0 Å². The molecular weight excluding hydrogens is 404 g/mol. The minimum atomic E-state index is -0.942. The molecule has 0 radical (unpaired) electrons. The number of amides is 1. The molecule has 0 N–H and O–H groups in total. The van der Waals surface area contributed by atoms with E-state index in [9.17, 15) is 9.59 Å². The summed E-state index contributed by atoms with van der Waals surface area (Å²) in [7, 11) is 5.50. The lowest BCUT2D eigenvalue weighted by Crippen LogP contribution is -2.45. The van der Waals surface area contributed by atoms with E-state index in [1.54, 1.807) is 18.1 Å². The minimum Gasteiger partial charge on any atom is -0.497 e. The summed E-state index contributed by atoms with van der Waals surface area (Å²) >= 11 is 6.29. The van der Waals surface area contributed by atoms with Gasteiger partial charge in [-0.2, -0.15) is 0 Å². The van der Waals surface area contributed by atoms with E-state index in [1.807, 2.05) is 55.4 Å². The number of esters is 1. The van der Waals surface area contributed by atoms with Gasteiger partial charge in [0.25, 0.3) is 5.91 Å². The molecule has 3 rings (SSSR count). The van der Waals surface area contributed by atoms with Gasteiger partial charge >= 0.3 is 5.97 Å². The first-order valence-electron chi connectivity index (χ1n) is 9.86. The third kappa shape index (κ3) is 4.94. The van der Waals surface area contributed by atoms with Gasteiger partial charge in [-0.05, 0) is 62.0 Å². The molecule has 6 nitrogen and oxygen atoms in total. The maximum Gasteiger partial charge on any atom is 0.303 e. The smallest absolute Gasteiger partial charge is 0.303 e. The molecule has 160 valence electrons. The molecule has 0 saturated heterocycles. The van der Waals surface area contributed by atoms with Crippen LogP contribution in [-0.2, 0) is 20.7 Å². The predicted octanol–water partition coefficient (Wildman–Crippen LogP) is 3.51. The number of methoxy groups -OCH3 is 1. The monoisotopic (exact) mass is 430 g/mol. The lowest BCUT2D eigenvalue weighted by atomic mass is 9.87. The molecule has 30 heavy (non-hydrogen) atoms. The Morgan fingerprint density at radius 2 is 2.00 bits per heavy atom. The number of hydrogen-bond acceptors (Lipinski definition) is 5. The van der Waals surface area contributed by atoms with Crippen LogP contribution >= 0.6 is 11.6 Å². The van der Waals surface area contributed by atoms with Crippen LogP contribution in [0.25, 0.3) is 0 Å². The van der Waals surface area contributed by atoms with E-state index in [2.05, 4.69) is 0 Å². The number of fused-ring (bicyclic) bond motifs is 1. The standard InChI is InChI=1S/C23H27ClN2O4/c1-15(27)30-22-20(16-6-5-7-19(13-16)29-4)14-17-12-18(24)8-9-21(17)26(23(22)28)11-10-25(2)3/h5-9,12-13,20,22H,10-11,14H2,1-4H3/t20-,22+/m0/s1. The Morgan fingerprint density at radius 1 is 1.23 bits per heavy atom. The number of carbonyl (C=O) groups excluding carboxylic acids is 2. The van der Waals surface area contributed by atoms with E-state index in [4.69, 9.17) is 21.1 Å². The molecule has 2 aromatic rings. The molecule has 0 unspecified atom stereocenters. The summed E-state index contributed by atoms with van der Waals surface area (Å²) in [6.45, 7) is 2.47. The Morgan fingerprint density at radius 3 is 2.67 bits per heavy atom. The molecule has 0 fully saturated rings. The maximum absolute atomic E-state index is 13.6. The quantitative estimate of drug-likeness (QED) is 0.656. The summed E-state index contributed by atoms with van der Waals surface area (Å²) in [6, 6.07) is 13.1. The molecule has 0 bridgehead atoms. The van der Waals surface area contributed by atoms with Crippen molar-refractivity contribution in [2.75, 3.05) is 39.2 Å². The first-order chi connectivity index (χ1) is 14.3. The normalized spacial score (nSPS) is 18.7. The predicted molar refractivity (Wildman–Crippen MR) is 117 cm³/mol. The SMILES string of the molecule is COc1cccc([C@@H]2Cc3cc(Cl)ccc3N(CCN(C)C)C(=O)[C@@H]2OC(C)=O)c1. The molecule has 1 aliphatic heterocycles. The van der Waals surface area contributed by atoms with Gasteiger partial charge in [0.05, 0.1) is 7.11 Å². The largest absolute Gasteiger partial charge is 0.497 e. The topological polar surface area (TPSA) is 59.1 Å². The Kier molecular flexibility index (Phi) is 7.00. The number of nitrogens with zero attached hydrogens (tertiary/aromatic N) is 2. The summed E-state index contributed by atoms with van der Waals surface area (Å²) in [5, 5.41) is 0.601. The summed E-state index contributed by atoms with van der Waals surface area (Å²) < 4.78 is 11.0. The zero-order valence-corrected chi connectivity index (χ0v) is 18.5. The van der Waals surface area contributed by atoms with E-state index in [-0.39, 0.29) is 11.8 Å². The van der Waals surface area contributed by atoms with Crippen molar-refractivity contribution in [3.63, 3.8) is 0 Å². The highest BCUT2D eigenvalue weighted by Gasteiger charge is 2.40. The number of anilines is 1. The van der Waals surface area contributed by atoms with Crippen molar-refractivity contribution in [3.05, 3.63) is 58.6 Å². The zero-order chi connectivity index (χ0) is 21.8. The summed E-state index contributed by atoms with van der Waals surface area (Å²) in [6.07, 6.45) is -0.437. The van der Waals surface area contributed by atoms with Crippen molar-refractivity contribution < 1.29 is 19.1 Å². The fourth-order valence-electron chi connectivity index (χ4n) is 3.78. The number of halogens is 1. The number of likely N-dealkylation sites (N-methyl/N-ethyl adjacent to an activating group) is 1. The van der Waals surface area contributed by atoms with Crippen molar-refractivity contribution in [3.8, 4) is 5.75 Å². The van der Waals surface area contributed by atoms with Gasteiger partial charge in [0.2, 0.25) is 0 Å². The third-order valence-corrected chi connectivity index (χ3v) is 5.47. The first-order valence-corrected chi connectivity index (χ1v) is 10.2. The Bertz CT molecular complexity index is 931. The Labute approximate surface area is 182 Å². The molecule has 1 heterocycles. The second kappa shape index (κ2) is 9.49. The molecule has 2 atom stereocenters. The van der Waals surface area contributed by atoms with Crippen LogP contribution in [0.2, 0.25) is 5.02 Å². The number of hydrogen-bond donors (Lipinski definition) is 0. The molecule has 0 saturated carbocycles. The summed E-state index contributed by atoms with van der Waals surface area (Å²) in [4.78, 5) is 29.3. The van der Waals surface area contributed by atoms with Gasteiger partial charge in [0.1, 0.15) is 5.75 Å². The third-order valence-electron chi connectivity index (χ3n) is 5.23. The lowest BCUT2D eigenvalue weighted by molar-refractivity contribution is -0.154. The van der Waals surface area contributed by atoms with E-state index >= 15 is 0 Å². The van der Waals surface area contributed by atoms with Gasteiger partial charge in [0, 0.05) is 36.6 Å². The molecule has 0 spiro atoms. The van der Waals surface area contributed by atoms with E-state index in [0.29, 0.717) is 30.3 Å². The van der Waals surface area contributed by atoms with Crippen molar-refractivity contribution >= 4 is 29.2 Å². The van der Waals surface area contributed by atoms with Gasteiger partial charge in [-0.1, -0.05) is 23.7 Å². The first kappa shape index (κ1) is 22.1. The minimum absolute atomic E-state index is 0.235. The van der Waals surface area contributed by atoms with Crippen LogP contribution < -0.4 is 9.64 Å². The second-order valence-corrected chi connectivity index (χ2v) is 8.12. The number of benzene rings is 2. The van der Waals surface area contributed by atoms with Crippen molar-refractivity contribution in [2.45, 2.75) is 25.4 Å². The maximum atomic E-state index is 13.6. The molecular formula is C23H27ClN2O4. The zero-order valence-electron chi connectivity index (χ0n) is 17.7. The van der Waals surface area contributed by atoms with Crippen LogP contribution in [0.3, 0.4) is 0 Å². The molecule has 7 heteroatoms. The van der Waals surface area contributed by atoms with Gasteiger partial charge in [-0.25, -0.2) is 0 Å². The van der Waals surface area contributed by atoms with Crippen LogP contribution in [0.1, 0.15) is 24.0 Å². The van der Waals surface area contributed by atoms with E-state index in [0.717, 1.165) is 16.8 Å². The lowest BCUT2D eigenvalue weighted by Gasteiger charge is -2.29. The van der Waals surface area contributed by atoms with Crippen LogP contribution in [0.15, 0.2) is 42.5 Å². The van der Waals surface area contributed by atoms with Crippen LogP contribution in [0.4, 0.5) is 5.69 Å². The van der Waals surface area contributed by atoms with Gasteiger partial charge < -0.3 is 19.3 Å². The Hall–Kier alpha value is -2.57. The highest BCUT2D eigenvalue weighted by molar-refractivity contribution is 6.30. The number of ether oxygens (including phenoxy) is 2. The molecule has 1 aliphatic rings. The van der Waals surface area contributed by atoms with Gasteiger partial charge in [0.15, 0.2) is 6.10 Å². The van der Waals surface area contributed by atoms with Gasteiger partial charge in [-0.15, -0.1) is 0 Å². The number of carbonyl (C=O) groups is 2. The molecule has 2 aromatic carbocycles. The van der Waals surface area contributed by atoms with Crippen molar-refractivity contribution in [1.82, 2.24) is 4.90 Å². The van der Waals surface area contributed by atoms with Gasteiger partial charge in [-0.3, -0.25) is 9.59 Å². The highest BCUT2D eigenvalue weighted by Crippen LogP contribution is 2.38. The highest BCUT2D eigenvalue weighted by atomic mass is 35.5. The fourth-order valence-corrected chi connectivity index (χ4v) is 3.97. The molecule has 1 amide bonds. The van der Waals surface area contributed by atoms with Crippen molar-refractivity contribution in [1.29, 1.82) is 0 Å². The average molecular weight is 431 g/mol. The van der Waals surface area contributed by atoms with E-state index < -0.39 is 12.1 Å². The number of rotatable bonds is 6. The van der Waals surface area contributed by atoms with E-state index in [1.165, 1.54) is 6.92 Å². The second-order valence-electron chi connectivity index (χ2n) is 7.68.